The van der Waals surface area contributed by atoms with Crippen LogP contribution in [0.1, 0.15) is 18.2 Å². The second kappa shape index (κ2) is 4.03. The second-order valence-electron chi connectivity index (χ2n) is 3.30. The van der Waals surface area contributed by atoms with Crippen molar-refractivity contribution in [2.75, 3.05) is 0 Å². The number of rotatable bonds is 2. The van der Waals surface area contributed by atoms with Crippen LogP contribution in [0.5, 0.6) is 0 Å². The van der Waals surface area contributed by atoms with Crippen molar-refractivity contribution in [1.82, 2.24) is 4.98 Å². The minimum absolute atomic E-state index is 0.169. The van der Waals surface area contributed by atoms with Crippen LogP contribution in [0.4, 0.5) is 13.2 Å². The fourth-order valence-corrected chi connectivity index (χ4v) is 1.38. The zero-order valence-corrected chi connectivity index (χ0v) is 8.80. The number of halogens is 4. The van der Waals surface area contributed by atoms with Gasteiger partial charge in [-0.2, -0.15) is 13.2 Å². The first-order valence-corrected chi connectivity index (χ1v) is 4.49. The lowest BCUT2D eigenvalue weighted by molar-refractivity contribution is -0.141. The summed E-state index contributed by atoms with van der Waals surface area (Å²) in [4.78, 5) is 13.6. The number of nitrogens with zero attached hydrogens (tertiary/aromatic N) is 1. The van der Waals surface area contributed by atoms with Crippen molar-refractivity contribution in [3.8, 4) is 0 Å². The van der Waals surface area contributed by atoms with Gasteiger partial charge >= 0.3 is 6.18 Å². The molecule has 1 rings (SSSR count). The van der Waals surface area contributed by atoms with Gasteiger partial charge in [0, 0.05) is 5.56 Å². The van der Waals surface area contributed by atoms with Gasteiger partial charge in [0.1, 0.15) is 16.4 Å². The maximum Gasteiger partial charge on any atom is 0.433 e. The molecule has 0 fully saturated rings. The summed E-state index contributed by atoms with van der Waals surface area (Å²) in [6.07, 6.45) is -4.45. The molecule has 0 amide bonds. The molecule has 1 heterocycles. The van der Waals surface area contributed by atoms with Crippen LogP contribution in [0.3, 0.4) is 0 Å². The third kappa shape index (κ3) is 2.51. The maximum atomic E-state index is 12.2. The molecule has 7 heteroatoms. The fraction of sp³-hybridized carbons (Fsp3) is 0.333. The van der Waals surface area contributed by atoms with E-state index in [9.17, 15) is 23.1 Å². The maximum absolute atomic E-state index is 12.2. The van der Waals surface area contributed by atoms with Crippen molar-refractivity contribution in [3.05, 3.63) is 28.5 Å². The molecule has 3 nitrogen and oxygen atoms in total. The van der Waals surface area contributed by atoms with E-state index >= 15 is 0 Å². The average molecular weight is 254 g/mol. The number of carbonyl (C=O) groups excluding carboxylic acids is 1. The average Bonchev–Trinajstić information content (AvgIpc) is 2.16. The first-order valence-electron chi connectivity index (χ1n) is 4.11. The summed E-state index contributed by atoms with van der Waals surface area (Å²) in [5, 5.41) is 8.95. The molecule has 0 saturated heterocycles. The van der Waals surface area contributed by atoms with E-state index < -0.39 is 22.6 Å². The first-order chi connectivity index (χ1) is 7.18. The van der Waals surface area contributed by atoms with E-state index in [1.165, 1.54) is 0 Å². The number of aromatic nitrogens is 1. The van der Waals surface area contributed by atoms with Crippen LogP contribution < -0.4 is 0 Å². The molecule has 1 atom stereocenters. The summed E-state index contributed by atoms with van der Waals surface area (Å²) >= 11 is 5.47. The van der Waals surface area contributed by atoms with Crippen LogP contribution in [0, 0.1) is 0 Å². The van der Waals surface area contributed by atoms with Crippen molar-refractivity contribution < 1.29 is 23.1 Å². The number of aliphatic hydroxyl groups is 1. The molecule has 1 aromatic heterocycles. The minimum atomic E-state index is -4.62. The molecular formula is C9H7ClF3NO2. The second-order valence-corrected chi connectivity index (χ2v) is 3.66. The van der Waals surface area contributed by atoms with E-state index in [2.05, 4.69) is 4.98 Å². The highest BCUT2D eigenvalue weighted by Gasteiger charge is 2.34. The van der Waals surface area contributed by atoms with Crippen LogP contribution >= 0.6 is 11.6 Å². The molecule has 0 radical (unpaired) electrons. The summed E-state index contributed by atoms with van der Waals surface area (Å²) < 4.78 is 36.7. The number of pyridine rings is 1. The number of aldehydes is 1. The lowest BCUT2D eigenvalue weighted by Crippen LogP contribution is -2.24. The molecule has 0 aliphatic heterocycles. The minimum Gasteiger partial charge on any atom is -0.378 e. The van der Waals surface area contributed by atoms with Crippen molar-refractivity contribution in [1.29, 1.82) is 0 Å². The molecule has 0 bridgehead atoms. The van der Waals surface area contributed by atoms with Gasteiger partial charge in [-0.25, -0.2) is 4.98 Å². The van der Waals surface area contributed by atoms with Crippen molar-refractivity contribution in [2.45, 2.75) is 18.7 Å². The standard InChI is InChI=1S/C9H7ClF3NO2/c1-8(16,4-15)5-2-3-6(9(11,12)13)14-7(5)10/h2-4,16H,1H3. The van der Waals surface area contributed by atoms with Crippen molar-refractivity contribution in [2.24, 2.45) is 0 Å². The molecule has 1 N–H and O–H groups in total. The number of hydrogen-bond donors (Lipinski definition) is 1. The summed E-state index contributed by atoms with van der Waals surface area (Å²) in [5.41, 5.74) is -3.30. The Bertz CT molecular complexity index is 418. The summed E-state index contributed by atoms with van der Waals surface area (Å²) in [5.74, 6) is 0. The van der Waals surface area contributed by atoms with Gasteiger partial charge in [0.15, 0.2) is 6.29 Å². The molecule has 1 unspecified atom stereocenters. The van der Waals surface area contributed by atoms with Crippen LogP contribution in [0.15, 0.2) is 12.1 Å². The molecule has 0 aliphatic rings. The molecule has 88 valence electrons. The van der Waals surface area contributed by atoms with Crippen molar-refractivity contribution in [3.63, 3.8) is 0 Å². The highest BCUT2D eigenvalue weighted by atomic mass is 35.5. The van der Waals surface area contributed by atoms with Gasteiger partial charge in [-0.1, -0.05) is 17.7 Å². The zero-order chi connectivity index (χ0) is 12.6. The van der Waals surface area contributed by atoms with Gasteiger partial charge in [0.25, 0.3) is 0 Å². The van der Waals surface area contributed by atoms with E-state index in [4.69, 9.17) is 11.6 Å². The molecular weight excluding hydrogens is 247 g/mol. The van der Waals surface area contributed by atoms with Gasteiger partial charge in [-0.3, -0.25) is 4.79 Å². The Morgan fingerprint density at radius 3 is 2.38 bits per heavy atom. The lowest BCUT2D eigenvalue weighted by Gasteiger charge is -2.17. The monoisotopic (exact) mass is 253 g/mol. The Morgan fingerprint density at radius 1 is 1.44 bits per heavy atom. The Balaban J connectivity index is 3.25. The van der Waals surface area contributed by atoms with Gasteiger partial charge in [0.2, 0.25) is 0 Å². The van der Waals surface area contributed by atoms with Crippen LogP contribution in [0.25, 0.3) is 0 Å². The third-order valence-corrected chi connectivity index (χ3v) is 2.20. The van der Waals surface area contributed by atoms with Gasteiger partial charge < -0.3 is 5.11 Å². The molecule has 0 spiro atoms. The van der Waals surface area contributed by atoms with E-state index in [-0.39, 0.29) is 11.8 Å². The normalized spacial score (nSPS) is 15.6. The molecule has 0 saturated carbocycles. The van der Waals surface area contributed by atoms with Gasteiger partial charge in [-0.15, -0.1) is 0 Å². The molecule has 0 aliphatic carbocycles. The van der Waals surface area contributed by atoms with E-state index in [0.717, 1.165) is 13.0 Å². The largest absolute Gasteiger partial charge is 0.433 e. The third-order valence-electron chi connectivity index (χ3n) is 1.91. The van der Waals surface area contributed by atoms with Gasteiger partial charge in [0.05, 0.1) is 0 Å². The smallest absolute Gasteiger partial charge is 0.378 e. The summed E-state index contributed by atoms with van der Waals surface area (Å²) in [6, 6.07) is 1.58. The van der Waals surface area contributed by atoms with Crippen LogP contribution in [0.2, 0.25) is 5.15 Å². The Labute approximate surface area is 93.9 Å². The summed E-state index contributed by atoms with van der Waals surface area (Å²) in [7, 11) is 0. The zero-order valence-electron chi connectivity index (χ0n) is 8.05. The molecule has 16 heavy (non-hydrogen) atoms. The Hall–Kier alpha value is -1.14. The highest BCUT2D eigenvalue weighted by molar-refractivity contribution is 6.30. The Kier molecular flexibility index (Phi) is 3.25. The quantitative estimate of drug-likeness (QED) is 0.649. The van der Waals surface area contributed by atoms with Gasteiger partial charge in [-0.05, 0) is 13.0 Å². The number of alkyl halides is 3. The predicted octanol–water partition coefficient (Wildman–Crippen LogP) is 2.16. The van der Waals surface area contributed by atoms with Crippen LogP contribution in [-0.4, -0.2) is 16.4 Å². The Morgan fingerprint density at radius 2 is 2.00 bits per heavy atom. The number of hydrogen-bond acceptors (Lipinski definition) is 3. The van der Waals surface area contributed by atoms with Crippen molar-refractivity contribution >= 4 is 17.9 Å². The summed E-state index contributed by atoms with van der Waals surface area (Å²) in [6.45, 7) is 1.11. The topological polar surface area (TPSA) is 50.2 Å². The predicted molar refractivity (Wildman–Crippen MR) is 49.9 cm³/mol. The van der Waals surface area contributed by atoms with E-state index in [1.54, 1.807) is 0 Å². The highest BCUT2D eigenvalue weighted by Crippen LogP contribution is 2.32. The van der Waals surface area contributed by atoms with E-state index in [0.29, 0.717) is 6.07 Å². The molecule has 0 aromatic carbocycles. The van der Waals surface area contributed by atoms with Crippen LogP contribution in [-0.2, 0) is 16.6 Å². The molecule has 1 aromatic rings. The number of carbonyl (C=O) groups is 1. The fourth-order valence-electron chi connectivity index (χ4n) is 1.03. The lowest BCUT2D eigenvalue weighted by atomic mass is 9.99. The SMILES string of the molecule is CC(O)(C=O)c1ccc(C(F)(F)F)nc1Cl. The van der Waals surface area contributed by atoms with E-state index in [1.807, 2.05) is 0 Å². The first kappa shape index (κ1) is 12.9.